The Hall–Kier alpha value is -0.940. The number of rotatable bonds is 3. The highest BCUT2D eigenvalue weighted by Crippen LogP contribution is 2.18. The molecule has 1 aromatic heterocycles. The molecule has 1 unspecified atom stereocenters. The molecule has 1 atom stereocenters. The SMILES string of the molecule is Cc1nc(CN2CCCCCC2CO)no1. The van der Waals surface area contributed by atoms with E-state index >= 15 is 0 Å². The van der Waals surface area contributed by atoms with Gasteiger partial charge in [-0.1, -0.05) is 18.0 Å². The summed E-state index contributed by atoms with van der Waals surface area (Å²) in [6.45, 7) is 3.71. The predicted octanol–water partition coefficient (Wildman–Crippen LogP) is 1.11. The molecule has 5 nitrogen and oxygen atoms in total. The van der Waals surface area contributed by atoms with Crippen LogP contribution in [-0.2, 0) is 6.54 Å². The van der Waals surface area contributed by atoms with E-state index in [2.05, 4.69) is 15.0 Å². The zero-order chi connectivity index (χ0) is 11.4. The van der Waals surface area contributed by atoms with Crippen molar-refractivity contribution < 1.29 is 9.63 Å². The van der Waals surface area contributed by atoms with Gasteiger partial charge < -0.3 is 9.63 Å². The first kappa shape index (κ1) is 11.5. The number of aliphatic hydroxyl groups is 1. The predicted molar refractivity (Wildman–Crippen MR) is 58.8 cm³/mol. The van der Waals surface area contributed by atoms with E-state index < -0.39 is 0 Å². The summed E-state index contributed by atoms with van der Waals surface area (Å²) in [6, 6.07) is 0.251. The molecular formula is C11H19N3O2. The summed E-state index contributed by atoms with van der Waals surface area (Å²) in [5, 5.41) is 13.3. The largest absolute Gasteiger partial charge is 0.395 e. The molecule has 90 valence electrons. The van der Waals surface area contributed by atoms with Crippen LogP contribution in [0.3, 0.4) is 0 Å². The maximum atomic E-state index is 9.36. The number of aliphatic hydroxyl groups excluding tert-OH is 1. The second kappa shape index (κ2) is 5.41. The van der Waals surface area contributed by atoms with Crippen LogP contribution in [0.2, 0.25) is 0 Å². The molecule has 0 radical (unpaired) electrons. The molecule has 0 saturated carbocycles. The number of aromatic nitrogens is 2. The topological polar surface area (TPSA) is 62.4 Å². The van der Waals surface area contributed by atoms with E-state index in [0.717, 1.165) is 18.8 Å². The molecule has 1 fully saturated rings. The Morgan fingerprint density at radius 1 is 1.44 bits per heavy atom. The Balaban J connectivity index is 1.99. The zero-order valence-corrected chi connectivity index (χ0v) is 9.72. The van der Waals surface area contributed by atoms with Crippen LogP contribution in [-0.4, -0.2) is 39.3 Å². The van der Waals surface area contributed by atoms with Crippen LogP contribution in [0.15, 0.2) is 4.52 Å². The molecular weight excluding hydrogens is 206 g/mol. The van der Waals surface area contributed by atoms with Crippen molar-refractivity contribution >= 4 is 0 Å². The van der Waals surface area contributed by atoms with Crippen LogP contribution in [0.4, 0.5) is 0 Å². The second-order valence-electron chi connectivity index (χ2n) is 4.39. The third-order valence-electron chi connectivity index (χ3n) is 3.12. The van der Waals surface area contributed by atoms with Crippen LogP contribution < -0.4 is 0 Å². The molecule has 2 rings (SSSR count). The van der Waals surface area contributed by atoms with Gasteiger partial charge in [-0.3, -0.25) is 4.90 Å². The molecule has 0 aromatic carbocycles. The molecule has 0 aliphatic carbocycles. The van der Waals surface area contributed by atoms with E-state index in [4.69, 9.17) is 4.52 Å². The molecule has 1 N–H and O–H groups in total. The molecule has 2 heterocycles. The highest BCUT2D eigenvalue weighted by molar-refractivity contribution is 4.86. The van der Waals surface area contributed by atoms with Crippen molar-refractivity contribution in [1.29, 1.82) is 0 Å². The number of hydrogen-bond acceptors (Lipinski definition) is 5. The van der Waals surface area contributed by atoms with Gasteiger partial charge in [0.15, 0.2) is 5.82 Å². The minimum absolute atomic E-state index is 0.219. The fourth-order valence-electron chi connectivity index (χ4n) is 2.24. The van der Waals surface area contributed by atoms with E-state index in [1.54, 1.807) is 6.92 Å². The Bertz CT molecular complexity index is 327. The molecule has 16 heavy (non-hydrogen) atoms. The lowest BCUT2D eigenvalue weighted by atomic mass is 10.1. The van der Waals surface area contributed by atoms with Crippen molar-refractivity contribution in [2.45, 2.75) is 45.2 Å². The van der Waals surface area contributed by atoms with Crippen molar-refractivity contribution in [3.8, 4) is 0 Å². The molecule has 1 aliphatic rings. The third-order valence-corrected chi connectivity index (χ3v) is 3.12. The zero-order valence-electron chi connectivity index (χ0n) is 9.72. The van der Waals surface area contributed by atoms with Gasteiger partial charge in [0.1, 0.15) is 0 Å². The van der Waals surface area contributed by atoms with Crippen molar-refractivity contribution in [3.05, 3.63) is 11.7 Å². The molecule has 1 aliphatic heterocycles. The lowest BCUT2D eigenvalue weighted by Gasteiger charge is -2.26. The van der Waals surface area contributed by atoms with Crippen LogP contribution in [0.1, 0.15) is 37.4 Å². The lowest BCUT2D eigenvalue weighted by molar-refractivity contribution is 0.115. The minimum Gasteiger partial charge on any atom is -0.395 e. The Kier molecular flexibility index (Phi) is 3.90. The summed E-state index contributed by atoms with van der Waals surface area (Å²) in [7, 11) is 0. The summed E-state index contributed by atoms with van der Waals surface area (Å²) in [4.78, 5) is 6.46. The molecule has 0 spiro atoms. The monoisotopic (exact) mass is 225 g/mol. The van der Waals surface area contributed by atoms with Crippen molar-refractivity contribution in [2.24, 2.45) is 0 Å². The highest BCUT2D eigenvalue weighted by Gasteiger charge is 2.21. The van der Waals surface area contributed by atoms with Gasteiger partial charge in [-0.25, -0.2) is 0 Å². The Morgan fingerprint density at radius 2 is 2.31 bits per heavy atom. The van der Waals surface area contributed by atoms with Gasteiger partial charge >= 0.3 is 0 Å². The van der Waals surface area contributed by atoms with E-state index in [1.165, 1.54) is 19.3 Å². The lowest BCUT2D eigenvalue weighted by Crippen LogP contribution is -2.37. The highest BCUT2D eigenvalue weighted by atomic mass is 16.5. The number of nitrogens with zero attached hydrogens (tertiary/aromatic N) is 3. The van der Waals surface area contributed by atoms with Gasteiger partial charge in [-0.15, -0.1) is 0 Å². The molecule has 1 aromatic rings. The third kappa shape index (κ3) is 2.80. The van der Waals surface area contributed by atoms with Gasteiger partial charge in [0.25, 0.3) is 0 Å². The van der Waals surface area contributed by atoms with Crippen LogP contribution in [0.5, 0.6) is 0 Å². The smallest absolute Gasteiger partial charge is 0.223 e. The quantitative estimate of drug-likeness (QED) is 0.835. The van der Waals surface area contributed by atoms with Gasteiger partial charge in [-0.2, -0.15) is 4.98 Å². The first-order chi connectivity index (χ1) is 7.79. The minimum atomic E-state index is 0.219. The van der Waals surface area contributed by atoms with Gasteiger partial charge in [0.2, 0.25) is 5.89 Å². The second-order valence-corrected chi connectivity index (χ2v) is 4.39. The van der Waals surface area contributed by atoms with E-state index in [1.807, 2.05) is 0 Å². The van der Waals surface area contributed by atoms with Gasteiger partial charge in [-0.05, 0) is 19.4 Å². The van der Waals surface area contributed by atoms with Crippen molar-refractivity contribution in [2.75, 3.05) is 13.2 Å². The van der Waals surface area contributed by atoms with Crippen LogP contribution >= 0.6 is 0 Å². The fraction of sp³-hybridized carbons (Fsp3) is 0.818. The molecule has 0 bridgehead atoms. The van der Waals surface area contributed by atoms with Gasteiger partial charge in [0, 0.05) is 13.0 Å². The summed E-state index contributed by atoms with van der Waals surface area (Å²) in [6.07, 6.45) is 4.70. The Labute approximate surface area is 95.4 Å². The van der Waals surface area contributed by atoms with Crippen LogP contribution in [0, 0.1) is 6.92 Å². The van der Waals surface area contributed by atoms with E-state index in [-0.39, 0.29) is 12.6 Å². The summed E-state index contributed by atoms with van der Waals surface area (Å²) in [5.74, 6) is 1.32. The van der Waals surface area contributed by atoms with Crippen molar-refractivity contribution in [3.63, 3.8) is 0 Å². The standard InChI is InChI=1S/C11H19N3O2/c1-9-12-11(13-16-9)7-14-6-4-2-3-5-10(14)8-15/h10,15H,2-8H2,1H3. The first-order valence-corrected chi connectivity index (χ1v) is 5.93. The first-order valence-electron chi connectivity index (χ1n) is 5.93. The summed E-state index contributed by atoms with van der Waals surface area (Å²) < 4.78 is 4.96. The maximum absolute atomic E-state index is 9.36. The number of likely N-dealkylation sites (tertiary alicyclic amines) is 1. The van der Waals surface area contributed by atoms with Crippen LogP contribution in [0.25, 0.3) is 0 Å². The molecule has 5 heteroatoms. The molecule has 0 amide bonds. The Morgan fingerprint density at radius 3 is 3.00 bits per heavy atom. The normalized spacial score (nSPS) is 23.2. The number of hydrogen-bond donors (Lipinski definition) is 1. The summed E-state index contributed by atoms with van der Waals surface area (Å²) >= 11 is 0. The van der Waals surface area contributed by atoms with Gasteiger partial charge in [0.05, 0.1) is 13.2 Å². The summed E-state index contributed by atoms with van der Waals surface area (Å²) in [5.41, 5.74) is 0. The average molecular weight is 225 g/mol. The number of aryl methyl sites for hydroxylation is 1. The van der Waals surface area contributed by atoms with E-state index in [0.29, 0.717) is 12.4 Å². The fourth-order valence-corrected chi connectivity index (χ4v) is 2.24. The maximum Gasteiger partial charge on any atom is 0.223 e. The van der Waals surface area contributed by atoms with Crippen molar-refractivity contribution in [1.82, 2.24) is 15.0 Å². The average Bonchev–Trinajstić information content (AvgIpc) is 2.56. The van der Waals surface area contributed by atoms with E-state index in [9.17, 15) is 5.11 Å². The molecule has 1 saturated heterocycles.